The average Bonchev–Trinajstić information content (AvgIpc) is 3.01. The second kappa shape index (κ2) is 4.31. The van der Waals surface area contributed by atoms with Gasteiger partial charge in [0.2, 0.25) is 5.91 Å². The lowest BCUT2D eigenvalue weighted by Gasteiger charge is -2.12. The third kappa shape index (κ3) is 1.61. The van der Waals surface area contributed by atoms with Crippen molar-refractivity contribution in [2.75, 3.05) is 0 Å². The van der Waals surface area contributed by atoms with Gasteiger partial charge in [0.15, 0.2) is 0 Å². The summed E-state index contributed by atoms with van der Waals surface area (Å²) in [4.78, 5) is 22.3. The molecule has 0 bridgehead atoms. The number of nitrogens with zero attached hydrogens (tertiary/aromatic N) is 3. The van der Waals surface area contributed by atoms with Gasteiger partial charge in [0.1, 0.15) is 5.92 Å². The largest absolute Gasteiger partial charge is 0.290 e. The van der Waals surface area contributed by atoms with E-state index in [1.165, 1.54) is 16.7 Å². The zero-order valence-electron chi connectivity index (χ0n) is 10.3. The van der Waals surface area contributed by atoms with Crippen molar-refractivity contribution in [3.63, 3.8) is 0 Å². The number of rotatable bonds is 2. The number of fused-ring (bicyclic) bond motifs is 1. The van der Waals surface area contributed by atoms with Gasteiger partial charge in [0.05, 0.1) is 11.0 Å². The molecule has 20 heavy (non-hydrogen) atoms. The maximum absolute atomic E-state index is 12.1. The summed E-state index contributed by atoms with van der Waals surface area (Å²) >= 11 is 0. The lowest BCUT2D eigenvalue weighted by molar-refractivity contribution is -0.384. The van der Waals surface area contributed by atoms with E-state index < -0.39 is 10.8 Å². The van der Waals surface area contributed by atoms with Crippen LogP contribution in [-0.4, -0.2) is 15.4 Å². The molecule has 0 amide bonds. The number of hydrogen-bond acceptors (Lipinski definition) is 4. The van der Waals surface area contributed by atoms with Crippen molar-refractivity contribution >= 4 is 11.6 Å². The lowest BCUT2D eigenvalue weighted by Crippen LogP contribution is -2.15. The topological polar surface area (TPSA) is 88.9 Å². The first-order chi connectivity index (χ1) is 9.63. The molecule has 1 aromatic heterocycles. The van der Waals surface area contributed by atoms with Gasteiger partial charge in [-0.25, -0.2) is 0 Å². The molecule has 2 aromatic rings. The molecular formula is C14H9N3O3. The zero-order valence-corrected chi connectivity index (χ0v) is 10.3. The van der Waals surface area contributed by atoms with Crippen molar-refractivity contribution in [3.05, 3.63) is 64.0 Å². The summed E-state index contributed by atoms with van der Waals surface area (Å²) in [5, 5.41) is 19.9. The molecule has 3 rings (SSSR count). The van der Waals surface area contributed by atoms with Crippen molar-refractivity contribution in [1.29, 1.82) is 5.26 Å². The minimum atomic E-state index is -0.785. The van der Waals surface area contributed by atoms with E-state index in [-0.39, 0.29) is 17.5 Å². The Labute approximate surface area is 114 Å². The Kier molecular flexibility index (Phi) is 2.61. The molecule has 0 spiro atoms. The number of aromatic nitrogens is 1. The summed E-state index contributed by atoms with van der Waals surface area (Å²) in [7, 11) is 0. The second-order valence-electron chi connectivity index (χ2n) is 4.57. The highest BCUT2D eigenvalue weighted by molar-refractivity contribution is 5.89. The third-order valence-electron chi connectivity index (χ3n) is 3.54. The molecule has 0 N–H and O–H groups in total. The van der Waals surface area contributed by atoms with Crippen molar-refractivity contribution in [1.82, 2.24) is 4.57 Å². The first-order valence-electron chi connectivity index (χ1n) is 5.99. The second-order valence-corrected chi connectivity index (χ2v) is 4.57. The predicted octanol–water partition coefficient (Wildman–Crippen LogP) is 2.32. The fraction of sp³-hybridized carbons (Fsp3) is 0.143. The normalized spacial score (nSPS) is 20.4. The highest BCUT2D eigenvalue weighted by atomic mass is 16.6. The van der Waals surface area contributed by atoms with Gasteiger partial charge >= 0.3 is 0 Å². The molecule has 0 saturated heterocycles. The van der Waals surface area contributed by atoms with Crippen molar-refractivity contribution in [2.24, 2.45) is 5.92 Å². The fourth-order valence-corrected chi connectivity index (χ4v) is 2.61. The van der Waals surface area contributed by atoms with Crippen LogP contribution in [0.1, 0.15) is 22.0 Å². The summed E-state index contributed by atoms with van der Waals surface area (Å²) in [5.41, 5.74) is 1.46. The third-order valence-corrected chi connectivity index (χ3v) is 3.54. The van der Waals surface area contributed by atoms with Crippen LogP contribution < -0.4 is 0 Å². The molecule has 1 aliphatic heterocycles. The van der Waals surface area contributed by atoms with Gasteiger partial charge in [-0.2, -0.15) is 5.26 Å². The highest BCUT2D eigenvalue weighted by Crippen LogP contribution is 2.39. The minimum absolute atomic E-state index is 0.0121. The maximum atomic E-state index is 12.1. The van der Waals surface area contributed by atoms with E-state index in [0.29, 0.717) is 0 Å². The Hall–Kier alpha value is -2.94. The van der Waals surface area contributed by atoms with Gasteiger partial charge in [0.25, 0.3) is 5.69 Å². The van der Waals surface area contributed by atoms with E-state index in [1.807, 2.05) is 6.07 Å². The van der Waals surface area contributed by atoms with Gasteiger partial charge < -0.3 is 0 Å². The molecule has 1 aromatic carbocycles. The van der Waals surface area contributed by atoms with Crippen LogP contribution in [0.5, 0.6) is 0 Å². The smallest absolute Gasteiger partial charge is 0.269 e. The number of carbonyl (C=O) groups is 1. The van der Waals surface area contributed by atoms with E-state index >= 15 is 0 Å². The average molecular weight is 267 g/mol. The zero-order chi connectivity index (χ0) is 14.3. The van der Waals surface area contributed by atoms with Crippen LogP contribution in [0.4, 0.5) is 5.69 Å². The van der Waals surface area contributed by atoms with Crippen molar-refractivity contribution < 1.29 is 9.72 Å². The number of carbonyl (C=O) groups excluding carboxylic acids is 1. The molecule has 6 heteroatoms. The van der Waals surface area contributed by atoms with Crippen LogP contribution >= 0.6 is 0 Å². The molecule has 98 valence electrons. The Balaban J connectivity index is 2.07. The van der Waals surface area contributed by atoms with E-state index in [2.05, 4.69) is 0 Å². The molecule has 6 nitrogen and oxygen atoms in total. The summed E-state index contributed by atoms with van der Waals surface area (Å²) in [6, 6.07) is 11.5. The van der Waals surface area contributed by atoms with Gasteiger partial charge in [-0.15, -0.1) is 0 Å². The number of nitriles is 1. The number of non-ortho nitro benzene ring substituents is 1. The van der Waals surface area contributed by atoms with Crippen molar-refractivity contribution in [3.8, 4) is 6.07 Å². The number of nitro benzene ring substituents is 1. The molecule has 0 aliphatic carbocycles. The van der Waals surface area contributed by atoms with Crippen LogP contribution in [0.3, 0.4) is 0 Å². The molecule has 0 saturated carbocycles. The van der Waals surface area contributed by atoms with E-state index in [4.69, 9.17) is 0 Å². The maximum Gasteiger partial charge on any atom is 0.269 e. The molecule has 2 unspecified atom stereocenters. The lowest BCUT2D eigenvalue weighted by atomic mass is 9.86. The SMILES string of the molecule is N#CC1C(=O)n2cccc2C1c1ccc([N+](=O)[O-])cc1. The molecule has 2 atom stereocenters. The summed E-state index contributed by atoms with van der Waals surface area (Å²) in [6.07, 6.45) is 1.63. The minimum Gasteiger partial charge on any atom is -0.290 e. The van der Waals surface area contributed by atoms with E-state index in [9.17, 15) is 20.2 Å². The van der Waals surface area contributed by atoms with Gasteiger partial charge in [0, 0.05) is 29.9 Å². The van der Waals surface area contributed by atoms with Crippen LogP contribution in [0.2, 0.25) is 0 Å². The fourth-order valence-electron chi connectivity index (χ4n) is 2.61. The molecular weight excluding hydrogens is 258 g/mol. The monoisotopic (exact) mass is 267 g/mol. The van der Waals surface area contributed by atoms with Gasteiger partial charge in [-0.05, 0) is 17.7 Å². The molecule has 2 heterocycles. The Bertz CT molecular complexity index is 740. The summed E-state index contributed by atoms with van der Waals surface area (Å²) < 4.78 is 1.47. The summed E-state index contributed by atoms with van der Waals surface area (Å²) in [5.74, 6) is -1.41. The van der Waals surface area contributed by atoms with E-state index in [1.54, 1.807) is 30.5 Å². The van der Waals surface area contributed by atoms with Crippen LogP contribution in [0, 0.1) is 27.4 Å². The molecule has 1 aliphatic rings. The quantitative estimate of drug-likeness (QED) is 0.617. The first kappa shape index (κ1) is 12.1. The number of hydrogen-bond donors (Lipinski definition) is 0. The van der Waals surface area contributed by atoms with E-state index in [0.717, 1.165) is 11.3 Å². The highest BCUT2D eigenvalue weighted by Gasteiger charge is 2.40. The standard InChI is InChI=1S/C14H9N3O3/c15-8-11-13(12-2-1-7-16(12)14(11)18)9-3-5-10(6-4-9)17(19)20/h1-7,11,13H. The van der Waals surface area contributed by atoms with Gasteiger partial charge in [-0.1, -0.05) is 12.1 Å². The Morgan fingerprint density at radius 1 is 1.25 bits per heavy atom. The summed E-state index contributed by atoms with van der Waals surface area (Å²) in [6.45, 7) is 0. The van der Waals surface area contributed by atoms with Crippen LogP contribution in [-0.2, 0) is 0 Å². The number of nitro groups is 1. The van der Waals surface area contributed by atoms with Crippen molar-refractivity contribution in [2.45, 2.75) is 5.92 Å². The van der Waals surface area contributed by atoms with Crippen LogP contribution in [0.15, 0.2) is 42.6 Å². The van der Waals surface area contributed by atoms with Crippen LogP contribution in [0.25, 0.3) is 0 Å². The Morgan fingerprint density at radius 3 is 2.55 bits per heavy atom. The predicted molar refractivity (Wildman–Crippen MR) is 69.1 cm³/mol. The Morgan fingerprint density at radius 2 is 1.95 bits per heavy atom. The van der Waals surface area contributed by atoms with Gasteiger partial charge in [-0.3, -0.25) is 19.5 Å². The molecule has 0 fully saturated rings. The molecule has 0 radical (unpaired) electrons. The first-order valence-corrected chi connectivity index (χ1v) is 5.99. The number of benzene rings is 1.